The van der Waals surface area contributed by atoms with Crippen LogP contribution in [0.15, 0.2) is 54.0 Å². The van der Waals surface area contributed by atoms with Crippen molar-refractivity contribution in [1.82, 2.24) is 9.97 Å². The molecule has 0 atom stereocenters. The van der Waals surface area contributed by atoms with Gasteiger partial charge >= 0.3 is 5.97 Å². The quantitative estimate of drug-likeness (QED) is 0.545. The van der Waals surface area contributed by atoms with Crippen LogP contribution in [0, 0.1) is 0 Å². The largest absolute Gasteiger partial charge is 0.451 e. The average Bonchev–Trinajstić information content (AvgIpc) is 3.13. The Morgan fingerprint density at radius 2 is 1.96 bits per heavy atom. The number of esters is 1. The Hall–Kier alpha value is -2.77. The summed E-state index contributed by atoms with van der Waals surface area (Å²) in [5, 5.41) is 4.99. The highest BCUT2D eigenvalue weighted by Crippen LogP contribution is 2.23. The molecule has 0 saturated heterocycles. The number of hydrogen-bond donors (Lipinski definition) is 1. The number of benzene rings is 1. The zero-order valence-electron chi connectivity index (χ0n) is 12.8. The molecule has 0 bridgehead atoms. The SMILES string of the molecule is O=C(COC(=O)c1csc(-c2ccccc2)n1)Nc1cccnc1Cl. The highest BCUT2D eigenvalue weighted by molar-refractivity contribution is 7.13. The van der Waals surface area contributed by atoms with Gasteiger partial charge in [0.15, 0.2) is 17.5 Å². The summed E-state index contributed by atoms with van der Waals surface area (Å²) < 4.78 is 4.98. The van der Waals surface area contributed by atoms with E-state index in [1.54, 1.807) is 17.5 Å². The molecule has 0 spiro atoms. The lowest BCUT2D eigenvalue weighted by molar-refractivity contribution is -0.119. The van der Waals surface area contributed by atoms with Gasteiger partial charge in [-0.05, 0) is 12.1 Å². The number of pyridine rings is 1. The number of rotatable bonds is 5. The number of carbonyl (C=O) groups excluding carboxylic acids is 2. The van der Waals surface area contributed by atoms with Gasteiger partial charge in [0.25, 0.3) is 5.91 Å². The fraction of sp³-hybridized carbons (Fsp3) is 0.0588. The molecule has 2 heterocycles. The molecule has 0 unspecified atom stereocenters. The lowest BCUT2D eigenvalue weighted by atomic mass is 10.2. The fourth-order valence-corrected chi connectivity index (χ4v) is 2.91. The van der Waals surface area contributed by atoms with Gasteiger partial charge < -0.3 is 10.1 Å². The van der Waals surface area contributed by atoms with Crippen molar-refractivity contribution < 1.29 is 14.3 Å². The van der Waals surface area contributed by atoms with Crippen molar-refractivity contribution in [2.75, 3.05) is 11.9 Å². The van der Waals surface area contributed by atoms with Crippen LogP contribution in [-0.4, -0.2) is 28.5 Å². The molecular weight excluding hydrogens is 362 g/mol. The summed E-state index contributed by atoms with van der Waals surface area (Å²) in [7, 11) is 0. The predicted molar refractivity (Wildman–Crippen MR) is 95.7 cm³/mol. The van der Waals surface area contributed by atoms with Gasteiger partial charge in [-0.3, -0.25) is 4.79 Å². The zero-order chi connectivity index (χ0) is 17.6. The molecule has 25 heavy (non-hydrogen) atoms. The number of carbonyl (C=O) groups is 2. The Labute approximate surface area is 152 Å². The highest BCUT2D eigenvalue weighted by Gasteiger charge is 2.15. The topological polar surface area (TPSA) is 81.2 Å². The van der Waals surface area contributed by atoms with Gasteiger partial charge in [-0.25, -0.2) is 14.8 Å². The predicted octanol–water partition coefficient (Wildman–Crippen LogP) is 3.65. The van der Waals surface area contributed by atoms with Crippen LogP contribution in [0.2, 0.25) is 5.15 Å². The molecule has 0 fully saturated rings. The number of amides is 1. The maximum Gasteiger partial charge on any atom is 0.358 e. The molecular formula is C17H12ClN3O3S. The van der Waals surface area contributed by atoms with Gasteiger partial charge in [0.05, 0.1) is 5.69 Å². The molecule has 3 aromatic rings. The van der Waals surface area contributed by atoms with Gasteiger partial charge in [-0.15, -0.1) is 11.3 Å². The van der Waals surface area contributed by atoms with Crippen LogP contribution in [-0.2, 0) is 9.53 Å². The van der Waals surface area contributed by atoms with E-state index in [2.05, 4.69) is 15.3 Å². The van der Waals surface area contributed by atoms with Crippen LogP contribution in [0.3, 0.4) is 0 Å². The van der Waals surface area contributed by atoms with Crippen LogP contribution in [0.4, 0.5) is 5.69 Å². The van der Waals surface area contributed by atoms with Crippen molar-refractivity contribution in [2.45, 2.75) is 0 Å². The van der Waals surface area contributed by atoms with Crippen molar-refractivity contribution >= 4 is 40.5 Å². The van der Waals surface area contributed by atoms with Gasteiger partial charge in [-0.1, -0.05) is 41.9 Å². The molecule has 3 rings (SSSR count). The van der Waals surface area contributed by atoms with E-state index in [1.165, 1.54) is 17.5 Å². The lowest BCUT2D eigenvalue weighted by Crippen LogP contribution is -2.21. The molecule has 0 aliphatic rings. The molecule has 0 aliphatic heterocycles. The van der Waals surface area contributed by atoms with E-state index in [0.717, 1.165) is 5.56 Å². The Kier molecular flexibility index (Phi) is 5.37. The first kappa shape index (κ1) is 17.1. The van der Waals surface area contributed by atoms with Gasteiger partial charge in [0.1, 0.15) is 5.01 Å². The summed E-state index contributed by atoms with van der Waals surface area (Å²) in [6.45, 7) is -0.442. The maximum atomic E-state index is 12.0. The minimum absolute atomic E-state index is 0.161. The second-order valence-corrected chi connectivity index (χ2v) is 6.09. The molecule has 2 aromatic heterocycles. The molecule has 1 amide bonds. The van der Waals surface area contributed by atoms with E-state index < -0.39 is 18.5 Å². The fourth-order valence-electron chi connectivity index (χ4n) is 1.95. The van der Waals surface area contributed by atoms with Crippen LogP contribution < -0.4 is 5.32 Å². The van der Waals surface area contributed by atoms with Crippen LogP contribution in [0.25, 0.3) is 10.6 Å². The van der Waals surface area contributed by atoms with Crippen LogP contribution in [0.5, 0.6) is 0 Å². The zero-order valence-corrected chi connectivity index (χ0v) is 14.4. The van der Waals surface area contributed by atoms with Crippen LogP contribution >= 0.6 is 22.9 Å². The van der Waals surface area contributed by atoms with Crippen molar-refractivity contribution in [3.05, 3.63) is 64.9 Å². The van der Waals surface area contributed by atoms with Gasteiger partial charge in [0.2, 0.25) is 0 Å². The third-order valence-corrected chi connectivity index (χ3v) is 4.29. The van der Waals surface area contributed by atoms with Crippen molar-refractivity contribution in [1.29, 1.82) is 0 Å². The van der Waals surface area contributed by atoms with E-state index >= 15 is 0 Å². The molecule has 6 nitrogen and oxygen atoms in total. The Morgan fingerprint density at radius 3 is 2.72 bits per heavy atom. The molecule has 0 aliphatic carbocycles. The number of thiazole rings is 1. The summed E-state index contributed by atoms with van der Waals surface area (Å²) in [6, 6.07) is 12.7. The second-order valence-electron chi connectivity index (χ2n) is 4.87. The number of aromatic nitrogens is 2. The molecule has 0 radical (unpaired) electrons. The summed E-state index contributed by atoms with van der Waals surface area (Å²) in [5.74, 6) is -1.17. The van der Waals surface area contributed by atoms with Gasteiger partial charge in [0, 0.05) is 17.1 Å². The molecule has 1 aromatic carbocycles. The van der Waals surface area contributed by atoms with Crippen molar-refractivity contribution in [3.8, 4) is 10.6 Å². The number of ether oxygens (including phenoxy) is 1. The van der Waals surface area contributed by atoms with E-state index in [-0.39, 0.29) is 10.8 Å². The third-order valence-electron chi connectivity index (χ3n) is 3.10. The average molecular weight is 374 g/mol. The van der Waals surface area contributed by atoms with E-state index in [1.807, 2.05) is 30.3 Å². The summed E-state index contributed by atoms with van der Waals surface area (Å²) >= 11 is 7.18. The number of hydrogen-bond acceptors (Lipinski definition) is 6. The summed E-state index contributed by atoms with van der Waals surface area (Å²) in [4.78, 5) is 31.9. The molecule has 8 heteroatoms. The van der Waals surface area contributed by atoms with Crippen molar-refractivity contribution in [3.63, 3.8) is 0 Å². The summed E-state index contributed by atoms with van der Waals surface area (Å²) in [5.41, 5.74) is 1.43. The number of anilines is 1. The first-order chi connectivity index (χ1) is 12.1. The maximum absolute atomic E-state index is 12.0. The van der Waals surface area contributed by atoms with Crippen LogP contribution in [0.1, 0.15) is 10.5 Å². The van der Waals surface area contributed by atoms with E-state index in [0.29, 0.717) is 10.7 Å². The summed E-state index contributed by atoms with van der Waals surface area (Å²) in [6.07, 6.45) is 1.50. The highest BCUT2D eigenvalue weighted by atomic mass is 35.5. The normalized spacial score (nSPS) is 10.3. The second kappa shape index (κ2) is 7.87. The minimum atomic E-state index is -0.661. The van der Waals surface area contributed by atoms with Gasteiger partial charge in [-0.2, -0.15) is 0 Å². The number of halogens is 1. The van der Waals surface area contributed by atoms with Crippen molar-refractivity contribution in [2.24, 2.45) is 0 Å². The Morgan fingerprint density at radius 1 is 1.16 bits per heavy atom. The third kappa shape index (κ3) is 4.40. The number of nitrogens with zero attached hydrogens (tertiary/aromatic N) is 2. The number of nitrogens with one attached hydrogen (secondary N) is 1. The molecule has 1 N–H and O–H groups in total. The first-order valence-electron chi connectivity index (χ1n) is 7.22. The monoisotopic (exact) mass is 373 g/mol. The Bertz CT molecular complexity index is 899. The smallest absolute Gasteiger partial charge is 0.358 e. The lowest BCUT2D eigenvalue weighted by Gasteiger charge is -2.06. The molecule has 0 saturated carbocycles. The minimum Gasteiger partial charge on any atom is -0.451 e. The van der Waals surface area contributed by atoms with E-state index in [4.69, 9.17) is 16.3 Å². The first-order valence-corrected chi connectivity index (χ1v) is 8.47. The standard InChI is InChI=1S/C17H12ClN3O3S/c18-15-12(7-4-8-19-15)20-14(22)9-24-17(23)13-10-25-16(21-13)11-5-2-1-3-6-11/h1-8,10H,9H2,(H,20,22). The Balaban J connectivity index is 1.57. The van der Waals surface area contributed by atoms with E-state index in [9.17, 15) is 9.59 Å². The molecule has 126 valence electrons.